The van der Waals surface area contributed by atoms with Gasteiger partial charge in [-0.1, -0.05) is 30.6 Å². The molecule has 16 nitrogen and oxygen atoms in total. The van der Waals surface area contributed by atoms with Gasteiger partial charge in [-0.2, -0.15) is 9.97 Å². The van der Waals surface area contributed by atoms with Crippen molar-refractivity contribution in [3.05, 3.63) is 76.0 Å². The molecule has 0 radical (unpaired) electrons. The first-order chi connectivity index (χ1) is 28.9. The van der Waals surface area contributed by atoms with Crippen molar-refractivity contribution in [1.29, 1.82) is 0 Å². The number of nitrogens with zero attached hydrogens (tertiary/aromatic N) is 8. The Morgan fingerprint density at radius 1 is 0.733 bits per heavy atom. The van der Waals surface area contributed by atoms with Crippen LogP contribution < -0.4 is 43.0 Å². The molecule has 7 heterocycles. The molecule has 3 aliphatic heterocycles. The van der Waals surface area contributed by atoms with Gasteiger partial charge < -0.3 is 43.0 Å². The molecule has 7 rings (SSSR count). The molecule has 3 saturated heterocycles. The molecule has 1 unspecified atom stereocenters. The molecule has 9 N–H and O–H groups in total. The van der Waals surface area contributed by atoms with E-state index in [2.05, 4.69) is 86.3 Å². The number of nitrogen functional groups attached to an aromatic ring is 3. The number of nitrogens with one attached hydrogen (secondary N) is 3. The van der Waals surface area contributed by atoms with Gasteiger partial charge in [-0.05, 0) is 96.1 Å². The predicted molar refractivity (Wildman–Crippen MR) is 235 cm³/mol. The number of carbonyl (C=O) groups is 2. The largest absolute Gasteiger partial charge is 0.384 e. The minimum atomic E-state index is -0.0201. The van der Waals surface area contributed by atoms with Crippen LogP contribution in [0.4, 0.5) is 29.4 Å². The number of anilines is 5. The Bertz CT molecular complexity index is 2250. The van der Waals surface area contributed by atoms with Gasteiger partial charge in [0.25, 0.3) is 0 Å². The smallest absolute Gasteiger partial charge is 0.223 e. The van der Waals surface area contributed by atoms with Gasteiger partial charge >= 0.3 is 0 Å². The summed E-state index contributed by atoms with van der Waals surface area (Å²) >= 11 is 0. The van der Waals surface area contributed by atoms with Gasteiger partial charge in [-0.25, -0.2) is 15.0 Å². The Hall–Kier alpha value is -6.52. The van der Waals surface area contributed by atoms with E-state index in [9.17, 15) is 9.59 Å². The molecular formula is C44H56N14O2. The highest BCUT2D eigenvalue weighted by Gasteiger charge is 2.28. The molecule has 0 bridgehead atoms. The average molecular weight is 813 g/mol. The minimum Gasteiger partial charge on any atom is -0.384 e. The van der Waals surface area contributed by atoms with E-state index < -0.39 is 0 Å². The van der Waals surface area contributed by atoms with E-state index in [4.69, 9.17) is 17.2 Å². The second-order valence-corrected chi connectivity index (χ2v) is 15.4. The maximum atomic E-state index is 12.6. The fraction of sp³-hybridized carbons (Fsp3) is 0.455. The fourth-order valence-electron chi connectivity index (χ4n) is 7.58. The Balaban J connectivity index is 0.000000203. The predicted octanol–water partition coefficient (Wildman–Crippen LogP) is 2.66. The maximum absolute atomic E-state index is 12.6. The number of aromatic nitrogens is 6. The van der Waals surface area contributed by atoms with Crippen molar-refractivity contribution in [3.63, 3.8) is 0 Å². The van der Waals surface area contributed by atoms with Gasteiger partial charge in [0.15, 0.2) is 0 Å². The van der Waals surface area contributed by atoms with Gasteiger partial charge in [-0.3, -0.25) is 14.6 Å². The van der Waals surface area contributed by atoms with Crippen molar-refractivity contribution < 1.29 is 9.59 Å². The Morgan fingerprint density at radius 2 is 1.33 bits per heavy atom. The SMILES string of the molecule is CCc1ccc(C#Cc2c(C)nc(N)nc2N2CCCC(NC(C)=O)C2)cn1.Cc1nc(N)nc(N2CCC(NC(=O)C3CCNCC3)CC2)c1C#Cc1ccc(N)nc1. The molecule has 0 spiro atoms. The van der Waals surface area contributed by atoms with E-state index in [1.54, 1.807) is 25.4 Å². The van der Waals surface area contributed by atoms with Crippen LogP contribution in [0.5, 0.6) is 0 Å². The molecule has 60 heavy (non-hydrogen) atoms. The van der Waals surface area contributed by atoms with E-state index >= 15 is 0 Å². The number of nitrogens with two attached hydrogens (primary N) is 3. The first kappa shape index (κ1) is 43.1. The fourth-order valence-corrected chi connectivity index (χ4v) is 7.58. The van der Waals surface area contributed by atoms with Crippen molar-refractivity contribution in [2.45, 2.75) is 84.7 Å². The summed E-state index contributed by atoms with van der Waals surface area (Å²) in [5.74, 6) is 15.4. The van der Waals surface area contributed by atoms with E-state index in [1.165, 1.54) is 0 Å². The number of carbonyl (C=O) groups excluding carboxylic acids is 2. The summed E-state index contributed by atoms with van der Waals surface area (Å²) < 4.78 is 0. The zero-order chi connectivity index (χ0) is 42.6. The monoisotopic (exact) mass is 812 g/mol. The van der Waals surface area contributed by atoms with Crippen LogP contribution in [0.1, 0.15) is 91.7 Å². The van der Waals surface area contributed by atoms with Crippen LogP contribution in [0.15, 0.2) is 36.7 Å². The van der Waals surface area contributed by atoms with Crippen LogP contribution >= 0.6 is 0 Å². The molecule has 4 aromatic rings. The second-order valence-electron chi connectivity index (χ2n) is 15.4. The van der Waals surface area contributed by atoms with Crippen LogP contribution in [0.3, 0.4) is 0 Å². The van der Waals surface area contributed by atoms with Crippen LogP contribution in [-0.2, 0) is 16.0 Å². The lowest BCUT2D eigenvalue weighted by atomic mass is 9.96. The lowest BCUT2D eigenvalue weighted by Crippen LogP contribution is -2.48. The van der Waals surface area contributed by atoms with Crippen molar-refractivity contribution >= 4 is 41.2 Å². The molecule has 3 fully saturated rings. The molecule has 1 atom stereocenters. The van der Waals surface area contributed by atoms with Crippen molar-refractivity contribution in [2.24, 2.45) is 5.92 Å². The normalized spacial score (nSPS) is 16.9. The van der Waals surface area contributed by atoms with E-state index in [0.717, 1.165) is 129 Å². The third kappa shape index (κ3) is 11.8. The summed E-state index contributed by atoms with van der Waals surface area (Å²) in [6.07, 6.45) is 9.77. The molecule has 0 saturated carbocycles. The standard InChI is InChI=1S/C23H30N8O.C21H26N6O/c1-15-19(4-2-16-3-5-20(24)27-14-16)21(30-23(25)28-15)31-12-8-18(9-13-31)29-22(32)17-6-10-26-11-7-17;1-4-17-9-7-16(12-23-17)8-10-19-14(2)24-21(22)26-20(19)27-11-5-6-18(13-27)25-15(3)28/h3,5,14,17-18,26H,6-13H2,1H3,(H2,24,27)(H,29,32)(H2,25,28,30);7,9,12,18H,4-6,11,13H2,1-3H3,(H,25,28)(H2,22,24,26). The number of pyridine rings is 2. The highest BCUT2D eigenvalue weighted by Crippen LogP contribution is 2.26. The van der Waals surface area contributed by atoms with Crippen molar-refractivity contribution in [2.75, 3.05) is 66.3 Å². The highest BCUT2D eigenvalue weighted by atomic mass is 16.2. The lowest BCUT2D eigenvalue weighted by molar-refractivity contribution is -0.126. The summed E-state index contributed by atoms with van der Waals surface area (Å²) in [5.41, 5.74) is 23.2. The van der Waals surface area contributed by atoms with Gasteiger partial charge in [0.05, 0.1) is 22.5 Å². The number of aryl methyl sites for hydroxylation is 3. The van der Waals surface area contributed by atoms with Crippen LogP contribution in [0.2, 0.25) is 0 Å². The number of hydrogen-bond acceptors (Lipinski definition) is 14. The molecule has 2 amide bonds. The van der Waals surface area contributed by atoms with Gasteiger partial charge in [0, 0.05) is 80.3 Å². The summed E-state index contributed by atoms with van der Waals surface area (Å²) in [6.45, 7) is 12.3. The lowest BCUT2D eigenvalue weighted by Gasteiger charge is -2.34. The summed E-state index contributed by atoms with van der Waals surface area (Å²) in [4.78, 5) is 54.4. The summed E-state index contributed by atoms with van der Waals surface area (Å²) in [6, 6.07) is 7.79. The zero-order valence-corrected chi connectivity index (χ0v) is 35.0. The van der Waals surface area contributed by atoms with E-state index in [-0.39, 0.29) is 41.7 Å². The topological polar surface area (TPSA) is 232 Å². The Morgan fingerprint density at radius 3 is 1.88 bits per heavy atom. The summed E-state index contributed by atoms with van der Waals surface area (Å²) in [5, 5.41) is 9.56. The average Bonchev–Trinajstić information content (AvgIpc) is 3.24. The van der Waals surface area contributed by atoms with Crippen LogP contribution in [-0.4, -0.2) is 93.1 Å². The molecule has 16 heteroatoms. The van der Waals surface area contributed by atoms with E-state index in [0.29, 0.717) is 12.4 Å². The molecule has 314 valence electrons. The molecule has 0 aromatic carbocycles. The Kier molecular flexibility index (Phi) is 14.7. The van der Waals surface area contributed by atoms with Crippen molar-refractivity contribution in [3.8, 4) is 23.7 Å². The van der Waals surface area contributed by atoms with E-state index in [1.807, 2.05) is 32.0 Å². The third-order valence-electron chi connectivity index (χ3n) is 10.8. The number of rotatable bonds is 6. The highest BCUT2D eigenvalue weighted by molar-refractivity contribution is 5.79. The van der Waals surface area contributed by atoms with Gasteiger partial charge in [-0.15, -0.1) is 0 Å². The van der Waals surface area contributed by atoms with Gasteiger partial charge in [0.2, 0.25) is 23.7 Å². The number of hydrogen-bond donors (Lipinski definition) is 6. The molecular weight excluding hydrogens is 757 g/mol. The van der Waals surface area contributed by atoms with Crippen LogP contribution in [0, 0.1) is 43.4 Å². The quantitative estimate of drug-likeness (QED) is 0.154. The number of piperidine rings is 3. The Labute approximate surface area is 352 Å². The second kappa shape index (κ2) is 20.4. The minimum absolute atomic E-state index is 0.0201. The molecule has 4 aromatic heterocycles. The number of amides is 2. The van der Waals surface area contributed by atoms with Gasteiger partial charge in [0.1, 0.15) is 17.5 Å². The first-order valence-electron chi connectivity index (χ1n) is 20.7. The summed E-state index contributed by atoms with van der Waals surface area (Å²) in [7, 11) is 0. The third-order valence-corrected chi connectivity index (χ3v) is 10.8. The first-order valence-corrected chi connectivity index (χ1v) is 20.7. The van der Waals surface area contributed by atoms with Crippen LogP contribution in [0.25, 0.3) is 0 Å². The molecule has 3 aliphatic rings. The van der Waals surface area contributed by atoms with Crippen molar-refractivity contribution in [1.82, 2.24) is 45.9 Å². The molecule has 0 aliphatic carbocycles. The zero-order valence-electron chi connectivity index (χ0n) is 35.0. The maximum Gasteiger partial charge on any atom is 0.223 e.